The van der Waals surface area contributed by atoms with Gasteiger partial charge >= 0.3 is 0 Å². The number of ether oxygens (including phenoxy) is 1. The third-order valence-electron chi connectivity index (χ3n) is 3.89. The summed E-state index contributed by atoms with van der Waals surface area (Å²) in [7, 11) is 1.58. The van der Waals surface area contributed by atoms with Crippen LogP contribution in [0.15, 0.2) is 18.2 Å². The Hall–Kier alpha value is -2.41. The molecule has 0 aliphatic carbocycles. The van der Waals surface area contributed by atoms with E-state index in [4.69, 9.17) is 4.74 Å². The average Bonchev–Trinajstić information content (AvgIpc) is 2.88. The molecule has 3 amide bonds. The molecule has 2 rings (SSSR count). The molecule has 1 atom stereocenters. The van der Waals surface area contributed by atoms with Crippen molar-refractivity contribution in [1.29, 1.82) is 0 Å². The molecule has 1 saturated heterocycles. The Morgan fingerprint density at radius 2 is 2.04 bits per heavy atom. The van der Waals surface area contributed by atoms with Gasteiger partial charge in [0, 0.05) is 33.5 Å². The van der Waals surface area contributed by atoms with E-state index in [0.29, 0.717) is 31.1 Å². The quantitative estimate of drug-likeness (QED) is 0.823. The fourth-order valence-corrected chi connectivity index (χ4v) is 2.66. The fraction of sp³-hybridized carbons (Fsp3) is 0.471. The summed E-state index contributed by atoms with van der Waals surface area (Å²) in [5.74, 6) is -0.879. The lowest BCUT2D eigenvalue weighted by atomic mass is 10.1. The first-order valence-electron chi connectivity index (χ1n) is 7.86. The van der Waals surface area contributed by atoms with Crippen molar-refractivity contribution in [2.45, 2.75) is 20.3 Å². The largest absolute Gasteiger partial charge is 0.383 e. The minimum Gasteiger partial charge on any atom is -0.383 e. The van der Waals surface area contributed by atoms with Crippen LogP contribution in [0.3, 0.4) is 0 Å². The van der Waals surface area contributed by atoms with Crippen LogP contribution in [0.25, 0.3) is 0 Å². The Labute approximate surface area is 141 Å². The van der Waals surface area contributed by atoms with E-state index in [1.165, 1.54) is 6.92 Å². The number of anilines is 2. The predicted octanol–water partition coefficient (Wildman–Crippen LogP) is 1.39. The second-order valence-corrected chi connectivity index (χ2v) is 5.95. The molecule has 130 valence electrons. The highest BCUT2D eigenvalue weighted by molar-refractivity contribution is 6.01. The van der Waals surface area contributed by atoms with Crippen molar-refractivity contribution in [2.24, 2.45) is 5.92 Å². The third-order valence-corrected chi connectivity index (χ3v) is 3.89. The van der Waals surface area contributed by atoms with E-state index < -0.39 is 5.92 Å². The van der Waals surface area contributed by atoms with Gasteiger partial charge in [0.15, 0.2) is 0 Å². The first-order chi connectivity index (χ1) is 11.4. The lowest BCUT2D eigenvalue weighted by Crippen LogP contribution is -2.31. The lowest BCUT2D eigenvalue weighted by Gasteiger charge is -2.17. The van der Waals surface area contributed by atoms with Gasteiger partial charge in [-0.1, -0.05) is 6.07 Å². The molecule has 1 aromatic carbocycles. The van der Waals surface area contributed by atoms with E-state index in [9.17, 15) is 14.4 Å². The number of likely N-dealkylation sites (tertiary alicyclic amines) is 1. The fourth-order valence-electron chi connectivity index (χ4n) is 2.66. The highest BCUT2D eigenvalue weighted by Crippen LogP contribution is 2.25. The minimum atomic E-state index is -0.403. The van der Waals surface area contributed by atoms with Crippen LogP contribution in [-0.2, 0) is 19.1 Å². The molecule has 1 aliphatic heterocycles. The zero-order valence-electron chi connectivity index (χ0n) is 14.2. The van der Waals surface area contributed by atoms with Gasteiger partial charge in [-0.3, -0.25) is 14.4 Å². The second-order valence-electron chi connectivity index (χ2n) is 5.95. The molecule has 0 radical (unpaired) electrons. The first-order valence-corrected chi connectivity index (χ1v) is 7.86. The van der Waals surface area contributed by atoms with Crippen molar-refractivity contribution in [1.82, 2.24) is 4.90 Å². The van der Waals surface area contributed by atoms with E-state index >= 15 is 0 Å². The standard InChI is InChI=1S/C17H23N3O4/c1-11-4-5-14(18-12(2)21)15(8-11)19-17(23)13-9-16(22)20(10-13)6-7-24-3/h4-5,8,13H,6-7,9-10H2,1-3H3,(H,18,21)(H,19,23). The highest BCUT2D eigenvalue weighted by atomic mass is 16.5. The number of nitrogens with zero attached hydrogens (tertiary/aromatic N) is 1. The number of benzene rings is 1. The van der Waals surface area contributed by atoms with E-state index in [-0.39, 0.29) is 24.1 Å². The molecular formula is C17H23N3O4. The topological polar surface area (TPSA) is 87.7 Å². The number of carbonyl (C=O) groups excluding carboxylic acids is 3. The summed E-state index contributed by atoms with van der Waals surface area (Å²) in [4.78, 5) is 37.4. The molecular weight excluding hydrogens is 310 g/mol. The number of rotatable bonds is 6. The molecule has 7 heteroatoms. The van der Waals surface area contributed by atoms with Crippen molar-refractivity contribution < 1.29 is 19.1 Å². The van der Waals surface area contributed by atoms with Gasteiger partial charge in [0.1, 0.15) is 0 Å². The van der Waals surface area contributed by atoms with Crippen molar-refractivity contribution >= 4 is 29.1 Å². The Balaban J connectivity index is 2.06. The molecule has 1 fully saturated rings. The summed E-state index contributed by atoms with van der Waals surface area (Å²) in [5.41, 5.74) is 2.05. The molecule has 2 N–H and O–H groups in total. The van der Waals surface area contributed by atoms with Crippen LogP contribution in [0, 0.1) is 12.8 Å². The number of aryl methyl sites for hydroxylation is 1. The predicted molar refractivity (Wildman–Crippen MR) is 90.7 cm³/mol. The average molecular weight is 333 g/mol. The molecule has 24 heavy (non-hydrogen) atoms. The Kier molecular flexibility index (Phi) is 5.92. The van der Waals surface area contributed by atoms with Gasteiger partial charge in [0.25, 0.3) is 0 Å². The number of hydrogen-bond acceptors (Lipinski definition) is 4. The second kappa shape index (κ2) is 7.92. The Morgan fingerprint density at radius 3 is 2.71 bits per heavy atom. The number of amides is 3. The van der Waals surface area contributed by atoms with E-state index in [2.05, 4.69) is 10.6 Å². The van der Waals surface area contributed by atoms with Crippen LogP contribution in [0.2, 0.25) is 0 Å². The maximum absolute atomic E-state index is 12.5. The number of methoxy groups -OCH3 is 1. The van der Waals surface area contributed by atoms with Gasteiger partial charge in [0.05, 0.1) is 23.9 Å². The molecule has 1 heterocycles. The monoisotopic (exact) mass is 333 g/mol. The van der Waals surface area contributed by atoms with Crippen LogP contribution in [0.1, 0.15) is 18.9 Å². The number of nitrogens with one attached hydrogen (secondary N) is 2. The van der Waals surface area contributed by atoms with Gasteiger partial charge in [-0.05, 0) is 24.6 Å². The summed E-state index contributed by atoms with van der Waals surface area (Å²) in [6, 6.07) is 5.40. The molecule has 0 bridgehead atoms. The summed E-state index contributed by atoms with van der Waals surface area (Å²) < 4.78 is 4.97. The molecule has 1 unspecified atom stereocenters. The van der Waals surface area contributed by atoms with Crippen molar-refractivity contribution in [3.63, 3.8) is 0 Å². The summed E-state index contributed by atoms with van der Waals surface area (Å²) in [6.07, 6.45) is 0.191. The van der Waals surface area contributed by atoms with Gasteiger partial charge in [-0.15, -0.1) is 0 Å². The molecule has 1 aromatic rings. The molecule has 0 aromatic heterocycles. The van der Waals surface area contributed by atoms with Gasteiger partial charge in [0.2, 0.25) is 17.7 Å². The third kappa shape index (κ3) is 4.55. The number of carbonyl (C=O) groups is 3. The smallest absolute Gasteiger partial charge is 0.229 e. The van der Waals surface area contributed by atoms with Crippen LogP contribution >= 0.6 is 0 Å². The first kappa shape index (κ1) is 17.9. The zero-order chi connectivity index (χ0) is 17.7. The minimum absolute atomic E-state index is 0.0430. The maximum atomic E-state index is 12.5. The molecule has 7 nitrogen and oxygen atoms in total. The van der Waals surface area contributed by atoms with Crippen LogP contribution in [0.4, 0.5) is 11.4 Å². The van der Waals surface area contributed by atoms with E-state index in [1.54, 1.807) is 24.1 Å². The van der Waals surface area contributed by atoms with Gasteiger partial charge in [-0.25, -0.2) is 0 Å². The summed E-state index contributed by atoms with van der Waals surface area (Å²) >= 11 is 0. The normalized spacial score (nSPS) is 17.0. The zero-order valence-corrected chi connectivity index (χ0v) is 14.2. The number of hydrogen-bond donors (Lipinski definition) is 2. The Bertz CT molecular complexity index is 645. The molecule has 0 spiro atoms. The maximum Gasteiger partial charge on any atom is 0.229 e. The molecule has 1 aliphatic rings. The van der Waals surface area contributed by atoms with E-state index in [1.807, 2.05) is 13.0 Å². The van der Waals surface area contributed by atoms with Crippen LogP contribution in [-0.4, -0.2) is 49.4 Å². The SMILES string of the molecule is COCCN1CC(C(=O)Nc2cc(C)ccc2NC(C)=O)CC1=O. The lowest BCUT2D eigenvalue weighted by molar-refractivity contribution is -0.128. The van der Waals surface area contributed by atoms with E-state index in [0.717, 1.165) is 5.56 Å². The van der Waals surface area contributed by atoms with Crippen molar-refractivity contribution in [3.05, 3.63) is 23.8 Å². The van der Waals surface area contributed by atoms with Gasteiger partial charge in [-0.2, -0.15) is 0 Å². The van der Waals surface area contributed by atoms with Crippen LogP contribution < -0.4 is 10.6 Å². The Morgan fingerprint density at radius 1 is 1.29 bits per heavy atom. The van der Waals surface area contributed by atoms with Crippen LogP contribution in [0.5, 0.6) is 0 Å². The van der Waals surface area contributed by atoms with Gasteiger partial charge < -0.3 is 20.3 Å². The summed E-state index contributed by atoms with van der Waals surface area (Å²) in [6.45, 7) is 4.63. The molecule has 0 saturated carbocycles. The van der Waals surface area contributed by atoms with Crippen molar-refractivity contribution in [3.8, 4) is 0 Å². The highest BCUT2D eigenvalue weighted by Gasteiger charge is 2.34. The summed E-state index contributed by atoms with van der Waals surface area (Å²) in [5, 5.41) is 5.53. The van der Waals surface area contributed by atoms with Crippen molar-refractivity contribution in [2.75, 3.05) is 37.4 Å².